The molecular formula is C9H4ClFN4O3S. The van der Waals surface area contributed by atoms with Crippen molar-refractivity contribution in [3.8, 4) is 0 Å². The summed E-state index contributed by atoms with van der Waals surface area (Å²) in [5.41, 5.74) is -0.601. The van der Waals surface area contributed by atoms with Crippen molar-refractivity contribution in [3.63, 3.8) is 0 Å². The molecule has 0 aliphatic rings. The van der Waals surface area contributed by atoms with Gasteiger partial charge in [-0.2, -0.15) is 0 Å². The minimum absolute atomic E-state index is 0.0391. The third-order valence-electron chi connectivity index (χ3n) is 2.01. The number of carbonyl (C=O) groups is 1. The molecule has 2 rings (SSSR count). The number of anilines is 1. The second-order valence-corrected chi connectivity index (χ2v) is 4.80. The first-order chi connectivity index (χ1) is 8.97. The minimum atomic E-state index is -0.918. The molecule has 0 radical (unpaired) electrons. The number of nitrogens with zero attached hydrogens (tertiary/aromatic N) is 3. The number of hydrogen-bond donors (Lipinski definition) is 1. The Labute approximate surface area is 114 Å². The maximum absolute atomic E-state index is 13.5. The number of carbonyl (C=O) groups excluding carboxylic acids is 1. The van der Waals surface area contributed by atoms with Crippen molar-refractivity contribution in [1.29, 1.82) is 0 Å². The predicted octanol–water partition coefficient (Wildman–Crippen LogP) is 2.49. The molecule has 0 fully saturated rings. The first kappa shape index (κ1) is 13.3. The van der Waals surface area contributed by atoms with Crippen molar-refractivity contribution < 1.29 is 14.1 Å². The van der Waals surface area contributed by atoms with Gasteiger partial charge in [0, 0.05) is 6.07 Å². The molecule has 0 bridgehead atoms. The van der Waals surface area contributed by atoms with Gasteiger partial charge in [0.05, 0.1) is 16.7 Å². The standard InChI is InChI=1S/C9H4ClFN4O3S/c10-9-14-13-8(19-9)7(16)12-6-2-1-4(15(17)18)3-5(6)11/h1-3H,(H,12,16). The van der Waals surface area contributed by atoms with E-state index in [0.717, 1.165) is 23.5 Å². The average molecular weight is 303 g/mol. The van der Waals surface area contributed by atoms with Gasteiger partial charge in [0.2, 0.25) is 9.47 Å². The van der Waals surface area contributed by atoms with Crippen molar-refractivity contribution in [2.75, 3.05) is 5.32 Å². The highest BCUT2D eigenvalue weighted by Gasteiger charge is 2.16. The highest BCUT2D eigenvalue weighted by atomic mass is 35.5. The first-order valence-electron chi connectivity index (χ1n) is 4.71. The van der Waals surface area contributed by atoms with E-state index >= 15 is 0 Å². The summed E-state index contributed by atoms with van der Waals surface area (Å²) in [7, 11) is 0. The van der Waals surface area contributed by atoms with Crippen LogP contribution in [-0.4, -0.2) is 21.0 Å². The van der Waals surface area contributed by atoms with Gasteiger partial charge in [0.15, 0.2) is 5.82 Å². The summed E-state index contributed by atoms with van der Waals surface area (Å²) in [5.74, 6) is -1.62. The van der Waals surface area contributed by atoms with Gasteiger partial charge in [-0.1, -0.05) is 11.3 Å². The number of rotatable bonds is 3. The van der Waals surface area contributed by atoms with E-state index in [1.165, 1.54) is 0 Å². The Kier molecular flexibility index (Phi) is 3.67. The fraction of sp³-hybridized carbons (Fsp3) is 0. The fourth-order valence-corrected chi connectivity index (χ4v) is 1.92. The van der Waals surface area contributed by atoms with Gasteiger partial charge in [0.1, 0.15) is 0 Å². The van der Waals surface area contributed by atoms with Gasteiger partial charge >= 0.3 is 0 Å². The van der Waals surface area contributed by atoms with Gasteiger partial charge in [0.25, 0.3) is 11.6 Å². The lowest BCUT2D eigenvalue weighted by Crippen LogP contribution is -2.12. The van der Waals surface area contributed by atoms with Crippen LogP contribution in [0.2, 0.25) is 4.47 Å². The maximum Gasteiger partial charge on any atom is 0.286 e. The summed E-state index contributed by atoms with van der Waals surface area (Å²) in [6.45, 7) is 0. The van der Waals surface area contributed by atoms with Crippen molar-refractivity contribution in [2.24, 2.45) is 0 Å². The van der Waals surface area contributed by atoms with Crippen LogP contribution in [0.25, 0.3) is 0 Å². The second-order valence-electron chi connectivity index (χ2n) is 3.24. The van der Waals surface area contributed by atoms with E-state index in [0.29, 0.717) is 6.07 Å². The highest BCUT2D eigenvalue weighted by Crippen LogP contribution is 2.22. The summed E-state index contributed by atoms with van der Waals surface area (Å²) >= 11 is 6.34. The predicted molar refractivity (Wildman–Crippen MR) is 65.9 cm³/mol. The van der Waals surface area contributed by atoms with Crippen LogP contribution in [0.5, 0.6) is 0 Å². The SMILES string of the molecule is O=C(Nc1ccc([N+](=O)[O-])cc1F)c1nnc(Cl)s1. The Morgan fingerprint density at radius 2 is 2.21 bits per heavy atom. The zero-order chi connectivity index (χ0) is 14.0. The van der Waals surface area contributed by atoms with Crippen LogP contribution in [0.15, 0.2) is 18.2 Å². The zero-order valence-electron chi connectivity index (χ0n) is 8.96. The number of amides is 1. The Hall–Kier alpha value is -2.13. The van der Waals surface area contributed by atoms with Crippen molar-refractivity contribution in [1.82, 2.24) is 10.2 Å². The monoisotopic (exact) mass is 302 g/mol. The molecule has 1 amide bonds. The van der Waals surface area contributed by atoms with Crippen LogP contribution in [0.4, 0.5) is 15.8 Å². The van der Waals surface area contributed by atoms with Gasteiger partial charge in [-0.3, -0.25) is 14.9 Å². The average Bonchev–Trinajstić information content (AvgIpc) is 2.78. The topological polar surface area (TPSA) is 98.0 Å². The molecule has 0 aliphatic heterocycles. The van der Waals surface area contributed by atoms with Gasteiger partial charge in [-0.05, 0) is 17.7 Å². The molecule has 1 aromatic carbocycles. The highest BCUT2D eigenvalue weighted by molar-refractivity contribution is 7.17. The molecule has 10 heteroatoms. The van der Waals surface area contributed by atoms with E-state index in [9.17, 15) is 19.3 Å². The Morgan fingerprint density at radius 3 is 2.74 bits per heavy atom. The van der Waals surface area contributed by atoms with Crippen LogP contribution >= 0.6 is 22.9 Å². The molecule has 0 spiro atoms. The fourth-order valence-electron chi connectivity index (χ4n) is 1.19. The summed E-state index contributed by atoms with van der Waals surface area (Å²) in [6, 6.07) is 2.88. The number of hydrogen-bond acceptors (Lipinski definition) is 6. The lowest BCUT2D eigenvalue weighted by Gasteiger charge is -2.03. The largest absolute Gasteiger partial charge is 0.317 e. The Morgan fingerprint density at radius 1 is 1.47 bits per heavy atom. The van der Waals surface area contributed by atoms with Crippen molar-refractivity contribution >= 4 is 40.2 Å². The second kappa shape index (κ2) is 5.24. The summed E-state index contributed by atoms with van der Waals surface area (Å²) in [4.78, 5) is 21.3. The summed E-state index contributed by atoms with van der Waals surface area (Å²) < 4.78 is 13.6. The molecule has 1 N–H and O–H groups in total. The van der Waals surface area contributed by atoms with Gasteiger partial charge in [-0.15, -0.1) is 10.2 Å². The molecule has 1 heterocycles. The van der Waals surface area contributed by atoms with E-state index in [2.05, 4.69) is 15.5 Å². The van der Waals surface area contributed by atoms with Crippen LogP contribution in [0, 0.1) is 15.9 Å². The molecule has 0 saturated carbocycles. The number of nitro benzene ring substituents is 1. The van der Waals surface area contributed by atoms with E-state index in [-0.39, 0.29) is 15.2 Å². The normalized spacial score (nSPS) is 10.2. The summed E-state index contributed by atoms with van der Waals surface area (Å²) in [6.07, 6.45) is 0. The van der Waals surface area contributed by atoms with E-state index in [1.54, 1.807) is 0 Å². The zero-order valence-corrected chi connectivity index (χ0v) is 10.5. The van der Waals surface area contributed by atoms with E-state index in [4.69, 9.17) is 11.6 Å². The molecule has 0 saturated heterocycles. The summed E-state index contributed by atoms with van der Waals surface area (Å²) in [5, 5.41) is 19.5. The van der Waals surface area contributed by atoms with Gasteiger partial charge < -0.3 is 5.32 Å². The molecular weight excluding hydrogens is 299 g/mol. The quantitative estimate of drug-likeness (QED) is 0.694. The first-order valence-corrected chi connectivity index (χ1v) is 5.91. The molecule has 19 heavy (non-hydrogen) atoms. The molecule has 2 aromatic rings. The van der Waals surface area contributed by atoms with Gasteiger partial charge in [-0.25, -0.2) is 4.39 Å². The Balaban J connectivity index is 2.20. The van der Waals surface area contributed by atoms with Crippen LogP contribution in [-0.2, 0) is 0 Å². The van der Waals surface area contributed by atoms with E-state index < -0.39 is 22.3 Å². The van der Waals surface area contributed by atoms with Crippen molar-refractivity contribution in [3.05, 3.63) is 43.6 Å². The third kappa shape index (κ3) is 3.01. The number of benzene rings is 1. The molecule has 0 atom stereocenters. The van der Waals surface area contributed by atoms with E-state index in [1.807, 2.05) is 0 Å². The molecule has 1 aromatic heterocycles. The molecule has 0 unspecified atom stereocenters. The minimum Gasteiger partial charge on any atom is -0.317 e. The third-order valence-corrected chi connectivity index (χ3v) is 3.02. The number of non-ortho nitro benzene ring substituents is 1. The Bertz CT molecular complexity index is 663. The van der Waals surface area contributed by atoms with Crippen LogP contribution in [0.3, 0.4) is 0 Å². The van der Waals surface area contributed by atoms with Crippen LogP contribution in [0.1, 0.15) is 9.80 Å². The number of nitro groups is 1. The smallest absolute Gasteiger partial charge is 0.286 e. The van der Waals surface area contributed by atoms with Crippen molar-refractivity contribution in [2.45, 2.75) is 0 Å². The maximum atomic E-state index is 13.5. The number of aromatic nitrogens is 2. The number of nitrogens with one attached hydrogen (secondary N) is 1. The lowest BCUT2D eigenvalue weighted by molar-refractivity contribution is -0.385. The van der Waals surface area contributed by atoms with Crippen LogP contribution < -0.4 is 5.32 Å². The molecule has 0 aliphatic carbocycles. The number of halogens is 2. The molecule has 7 nitrogen and oxygen atoms in total. The lowest BCUT2D eigenvalue weighted by atomic mass is 10.2. The molecule has 98 valence electrons.